The van der Waals surface area contributed by atoms with Crippen LogP contribution >= 0.6 is 34.5 Å². The maximum atomic E-state index is 13.3. The minimum atomic E-state index is -0.482. The van der Waals surface area contributed by atoms with E-state index < -0.39 is 17.7 Å². The standard InChI is InChI=1S/C40H42Cl2N12O5S/c1-51-20-25(17-30(51)36(56)45-13-10-34(43)44)47-37(57)31-18-26(21-52(31)2)48-38(58)32-19-27(22-53(32)3)49-39(59)40-50-29-16-24(6-9-33(29)60-40)46-35(55)23-4-7-28(8-5-23)54(14-11-41)15-12-42/h4-9,16-22H,10-15H2,1-3H3,(H3,43,44)(H,45,56)(H,46,55)(H,47,57)(H,48,58)(H,49,59). The molecule has 5 amide bonds. The predicted molar refractivity (Wildman–Crippen MR) is 237 cm³/mol. The van der Waals surface area contributed by atoms with Crippen LogP contribution in [0.3, 0.4) is 0 Å². The number of nitrogens with two attached hydrogens (primary N) is 1. The topological polar surface area (TPSA) is 226 Å². The summed E-state index contributed by atoms with van der Waals surface area (Å²) in [6, 6.07) is 16.9. The second-order valence-electron chi connectivity index (χ2n) is 13.6. The molecule has 312 valence electrons. The molecule has 0 bridgehead atoms. The molecular formula is C40H42Cl2N12O5S. The maximum absolute atomic E-state index is 13.3. The molecule has 0 atom stereocenters. The molecule has 60 heavy (non-hydrogen) atoms. The molecule has 0 fully saturated rings. The van der Waals surface area contributed by atoms with Gasteiger partial charge in [-0.25, -0.2) is 4.98 Å². The van der Waals surface area contributed by atoms with E-state index in [1.807, 2.05) is 17.0 Å². The van der Waals surface area contributed by atoms with Gasteiger partial charge in [0, 0.05) is 94.5 Å². The van der Waals surface area contributed by atoms with Crippen LogP contribution in [-0.2, 0) is 21.1 Å². The number of hydrogen-bond acceptors (Lipinski definition) is 9. The minimum absolute atomic E-state index is 0.0389. The van der Waals surface area contributed by atoms with Gasteiger partial charge in [-0.05, 0) is 60.7 Å². The van der Waals surface area contributed by atoms with Crippen LogP contribution in [0.5, 0.6) is 0 Å². The van der Waals surface area contributed by atoms with Gasteiger partial charge >= 0.3 is 0 Å². The average molecular weight is 874 g/mol. The molecule has 0 unspecified atom stereocenters. The van der Waals surface area contributed by atoms with E-state index in [2.05, 4.69) is 31.6 Å². The highest BCUT2D eigenvalue weighted by atomic mass is 35.5. The van der Waals surface area contributed by atoms with E-state index in [9.17, 15) is 24.0 Å². The average Bonchev–Trinajstić information content (AvgIpc) is 3.99. The largest absolute Gasteiger partial charge is 0.388 e. The van der Waals surface area contributed by atoms with Crippen molar-refractivity contribution < 1.29 is 24.0 Å². The van der Waals surface area contributed by atoms with Gasteiger partial charge in [0.2, 0.25) is 0 Å². The number of nitrogens with one attached hydrogen (secondary N) is 6. The van der Waals surface area contributed by atoms with E-state index >= 15 is 0 Å². The molecule has 0 aliphatic carbocycles. The molecule has 0 aliphatic heterocycles. The highest BCUT2D eigenvalue weighted by molar-refractivity contribution is 7.20. The number of thiazole rings is 1. The first kappa shape index (κ1) is 43.0. The second-order valence-corrected chi connectivity index (χ2v) is 15.4. The third-order valence-electron chi connectivity index (χ3n) is 9.21. The summed E-state index contributed by atoms with van der Waals surface area (Å²) in [5.74, 6) is -1.25. The lowest BCUT2D eigenvalue weighted by molar-refractivity contribution is 0.0944. The van der Waals surface area contributed by atoms with Crippen molar-refractivity contribution in [3.05, 3.63) is 107 Å². The second kappa shape index (κ2) is 19.0. The van der Waals surface area contributed by atoms with Crippen molar-refractivity contribution in [2.24, 2.45) is 26.9 Å². The summed E-state index contributed by atoms with van der Waals surface area (Å²) in [6.45, 7) is 1.47. The summed E-state index contributed by atoms with van der Waals surface area (Å²) in [6.07, 6.45) is 4.99. The number of nitrogens with zero attached hydrogens (tertiary/aromatic N) is 5. The fourth-order valence-corrected chi connectivity index (χ4v) is 7.50. The maximum Gasteiger partial charge on any atom is 0.284 e. The van der Waals surface area contributed by atoms with Crippen molar-refractivity contribution >= 4 is 109 Å². The van der Waals surface area contributed by atoms with E-state index in [1.54, 1.807) is 83.8 Å². The number of anilines is 5. The van der Waals surface area contributed by atoms with Crippen molar-refractivity contribution in [2.45, 2.75) is 6.42 Å². The van der Waals surface area contributed by atoms with Crippen LogP contribution in [0.1, 0.15) is 58.0 Å². The van der Waals surface area contributed by atoms with Gasteiger partial charge in [-0.15, -0.1) is 34.5 Å². The van der Waals surface area contributed by atoms with Gasteiger partial charge in [-0.2, -0.15) is 0 Å². The summed E-state index contributed by atoms with van der Waals surface area (Å²) < 4.78 is 5.41. The van der Waals surface area contributed by atoms with Crippen molar-refractivity contribution in [1.82, 2.24) is 24.0 Å². The number of alkyl halides is 2. The highest BCUT2D eigenvalue weighted by Crippen LogP contribution is 2.27. The van der Waals surface area contributed by atoms with Gasteiger partial charge in [0.15, 0.2) is 5.01 Å². The van der Waals surface area contributed by atoms with E-state index in [-0.39, 0.29) is 47.0 Å². The fraction of sp³-hybridized carbons (Fsp3) is 0.225. The number of rotatable bonds is 17. The van der Waals surface area contributed by atoms with Crippen molar-refractivity contribution in [3.8, 4) is 0 Å². The number of benzene rings is 2. The number of amides is 5. The van der Waals surface area contributed by atoms with Crippen molar-refractivity contribution in [3.63, 3.8) is 0 Å². The van der Waals surface area contributed by atoms with Crippen LogP contribution in [0.2, 0.25) is 0 Å². The summed E-state index contributed by atoms with van der Waals surface area (Å²) in [7, 11) is 4.98. The van der Waals surface area contributed by atoms with E-state index in [0.29, 0.717) is 64.4 Å². The Morgan fingerprint density at radius 3 is 1.70 bits per heavy atom. The first-order valence-electron chi connectivity index (χ1n) is 18.5. The smallest absolute Gasteiger partial charge is 0.284 e. The molecule has 17 nitrogen and oxygen atoms in total. The molecule has 0 saturated heterocycles. The van der Waals surface area contributed by atoms with Crippen LogP contribution in [0.25, 0.3) is 10.2 Å². The quantitative estimate of drug-likeness (QED) is 0.0343. The SMILES string of the molecule is Cn1cc(NC(=O)c2cc(NC(=O)c3cc(NC(=O)c4nc5cc(NC(=O)c6ccc(N(CCCl)CCCl)cc6)ccc5s4)cn3C)cn2C)cc1C(=O)NCCC(=N)N. The highest BCUT2D eigenvalue weighted by Gasteiger charge is 2.20. The Morgan fingerprint density at radius 1 is 0.683 bits per heavy atom. The number of carbonyl (C=O) groups excluding carboxylic acids is 5. The van der Waals surface area contributed by atoms with Gasteiger partial charge in [0.1, 0.15) is 17.1 Å². The van der Waals surface area contributed by atoms with Crippen LogP contribution in [-0.4, -0.2) is 85.5 Å². The van der Waals surface area contributed by atoms with Crippen LogP contribution < -0.4 is 37.2 Å². The Bertz CT molecular complexity index is 2590. The van der Waals surface area contributed by atoms with Gasteiger partial charge in [0.25, 0.3) is 29.5 Å². The van der Waals surface area contributed by atoms with Gasteiger partial charge in [0.05, 0.1) is 33.1 Å². The molecule has 2 aromatic carbocycles. The fourth-order valence-electron chi connectivity index (χ4n) is 6.26. The third kappa shape index (κ3) is 10.3. The number of halogens is 2. The zero-order valence-electron chi connectivity index (χ0n) is 32.8. The number of carbonyl (C=O) groups is 5. The van der Waals surface area contributed by atoms with Gasteiger partial charge in [-0.1, -0.05) is 0 Å². The number of aromatic nitrogens is 4. The predicted octanol–water partition coefficient (Wildman–Crippen LogP) is 5.66. The molecule has 6 aromatic rings. The molecule has 0 aliphatic rings. The van der Waals surface area contributed by atoms with Gasteiger partial charge in [-0.3, -0.25) is 29.4 Å². The van der Waals surface area contributed by atoms with Gasteiger partial charge < -0.3 is 50.9 Å². The number of fused-ring (bicyclic) bond motifs is 1. The lowest BCUT2D eigenvalue weighted by Crippen LogP contribution is -2.28. The number of amidine groups is 1. The lowest BCUT2D eigenvalue weighted by atomic mass is 10.1. The minimum Gasteiger partial charge on any atom is -0.388 e. The molecule has 20 heteroatoms. The lowest BCUT2D eigenvalue weighted by Gasteiger charge is -2.22. The molecule has 0 spiro atoms. The van der Waals surface area contributed by atoms with Crippen LogP contribution in [0.15, 0.2) is 79.3 Å². The van der Waals surface area contributed by atoms with Crippen molar-refractivity contribution in [1.29, 1.82) is 5.41 Å². The van der Waals surface area contributed by atoms with Crippen LogP contribution in [0.4, 0.5) is 28.4 Å². The Kier molecular flexibility index (Phi) is 13.6. The van der Waals surface area contributed by atoms with Crippen molar-refractivity contribution in [2.75, 3.05) is 57.6 Å². The van der Waals surface area contributed by atoms with E-state index in [1.165, 1.54) is 29.5 Å². The molecular weight excluding hydrogens is 831 g/mol. The normalized spacial score (nSPS) is 10.9. The molecule has 8 N–H and O–H groups in total. The molecule has 4 heterocycles. The summed E-state index contributed by atoms with van der Waals surface area (Å²) >= 11 is 13.0. The van der Waals surface area contributed by atoms with E-state index in [4.69, 9.17) is 34.3 Å². The first-order chi connectivity index (χ1) is 28.7. The molecule has 0 saturated carbocycles. The number of aryl methyl sites for hydroxylation is 3. The Balaban J connectivity index is 1.04. The third-order valence-corrected chi connectivity index (χ3v) is 10.6. The van der Waals surface area contributed by atoms with Crippen LogP contribution in [0, 0.1) is 5.41 Å². The summed E-state index contributed by atoms with van der Waals surface area (Å²) in [4.78, 5) is 71.9. The Labute approximate surface area is 358 Å². The zero-order valence-corrected chi connectivity index (χ0v) is 35.1. The monoisotopic (exact) mass is 872 g/mol. The molecule has 4 aromatic heterocycles. The van der Waals surface area contributed by atoms with E-state index in [0.717, 1.165) is 10.4 Å². The molecule has 6 rings (SSSR count). The first-order valence-corrected chi connectivity index (χ1v) is 20.3. The summed E-state index contributed by atoms with van der Waals surface area (Å²) in [5.41, 5.74) is 9.65. The Hall–Kier alpha value is -6.63. The Morgan fingerprint density at radius 2 is 1.18 bits per heavy atom. The zero-order chi connectivity index (χ0) is 43.1. The molecule has 0 radical (unpaired) electrons. The summed E-state index contributed by atoms with van der Waals surface area (Å²) in [5, 5.41) is 21.4. The number of hydrogen-bond donors (Lipinski definition) is 7.